The number of hydrogen-bond donors (Lipinski definition) is 1. The Morgan fingerprint density at radius 2 is 1.71 bits per heavy atom. The van der Waals surface area contributed by atoms with Crippen LogP contribution in [0.5, 0.6) is 0 Å². The Balaban J connectivity index is 1.60. The quantitative estimate of drug-likeness (QED) is 0.625. The number of carbonyl (C=O) groups excluding carboxylic acids is 2. The van der Waals surface area contributed by atoms with Crippen molar-refractivity contribution in [2.75, 3.05) is 45.1 Å². The van der Waals surface area contributed by atoms with E-state index < -0.39 is 10.0 Å². The summed E-state index contributed by atoms with van der Waals surface area (Å²) < 4.78 is 26.8. The third kappa shape index (κ3) is 4.77. The van der Waals surface area contributed by atoms with Gasteiger partial charge in [-0.2, -0.15) is 4.31 Å². The zero-order chi connectivity index (χ0) is 24.5. The van der Waals surface area contributed by atoms with Crippen LogP contribution in [0.4, 0.5) is 5.00 Å². The molecule has 0 bridgehead atoms. The van der Waals surface area contributed by atoms with Gasteiger partial charge in [-0.15, -0.1) is 11.3 Å². The average Bonchev–Trinajstić information content (AvgIpc) is 3.47. The van der Waals surface area contributed by atoms with E-state index in [9.17, 15) is 18.0 Å². The molecular weight excluding hydrogens is 472 g/mol. The van der Waals surface area contributed by atoms with Gasteiger partial charge in [-0.25, -0.2) is 8.42 Å². The molecule has 0 aliphatic carbocycles. The van der Waals surface area contributed by atoms with E-state index in [-0.39, 0.29) is 16.7 Å². The lowest BCUT2D eigenvalue weighted by atomic mass is 10.0. The molecule has 1 fully saturated rings. The molecule has 0 saturated carbocycles. The van der Waals surface area contributed by atoms with Gasteiger partial charge in [-0.05, 0) is 56.1 Å². The number of fused-ring (bicyclic) bond motifs is 1. The van der Waals surface area contributed by atoms with Crippen LogP contribution in [-0.4, -0.2) is 74.1 Å². The zero-order valence-corrected chi connectivity index (χ0v) is 21.6. The van der Waals surface area contributed by atoms with Crippen LogP contribution in [0, 0.1) is 0 Å². The summed E-state index contributed by atoms with van der Waals surface area (Å²) in [5, 5.41) is 3.55. The van der Waals surface area contributed by atoms with Crippen LogP contribution in [0.3, 0.4) is 0 Å². The number of carbonyl (C=O) groups is 2. The van der Waals surface area contributed by atoms with E-state index in [1.165, 1.54) is 39.9 Å². The van der Waals surface area contributed by atoms with Crippen molar-refractivity contribution in [3.05, 3.63) is 45.8 Å². The Hall–Kier alpha value is -2.27. The van der Waals surface area contributed by atoms with Crippen LogP contribution in [-0.2, 0) is 23.0 Å². The zero-order valence-electron chi connectivity index (χ0n) is 20.0. The third-order valence-electron chi connectivity index (χ3n) is 6.54. The number of nitrogens with one attached hydrogen (secondary N) is 1. The molecule has 2 aromatic rings. The summed E-state index contributed by atoms with van der Waals surface area (Å²) in [7, 11) is -1.54. The maximum Gasteiger partial charge on any atom is 0.257 e. The number of benzene rings is 1. The Morgan fingerprint density at radius 3 is 2.32 bits per heavy atom. The van der Waals surface area contributed by atoms with E-state index in [1.807, 2.05) is 4.90 Å². The van der Waals surface area contributed by atoms with Crippen LogP contribution in [0.2, 0.25) is 0 Å². The van der Waals surface area contributed by atoms with Gasteiger partial charge in [-0.3, -0.25) is 9.59 Å². The maximum atomic E-state index is 13.4. The molecule has 184 valence electrons. The molecule has 34 heavy (non-hydrogen) atoms. The van der Waals surface area contributed by atoms with Crippen molar-refractivity contribution in [2.45, 2.75) is 44.6 Å². The highest BCUT2D eigenvalue weighted by atomic mass is 32.2. The molecule has 2 aliphatic heterocycles. The summed E-state index contributed by atoms with van der Waals surface area (Å²) in [6, 6.07) is 5.98. The standard InChI is InChI=1S/C24H32N4O4S2/c1-4-28(5-2)34(31,32)18-10-8-17(9-11-18)22(29)25-23-21(24(30)27-13-6-7-14-27)19-12-15-26(3)16-20(19)33-23/h8-11H,4-7,12-16H2,1-3H3,(H,25,29). The molecule has 10 heteroatoms. The SMILES string of the molecule is CCN(CC)S(=O)(=O)c1ccc(C(=O)Nc2sc3c(c2C(=O)N2CCCC2)CCN(C)C3)cc1. The lowest BCUT2D eigenvalue weighted by Crippen LogP contribution is -2.31. The van der Waals surface area contributed by atoms with E-state index in [4.69, 9.17) is 0 Å². The molecule has 2 amide bonds. The first-order valence-electron chi connectivity index (χ1n) is 11.8. The largest absolute Gasteiger partial charge is 0.339 e. The Labute approximate surface area is 205 Å². The van der Waals surface area contributed by atoms with Crippen LogP contribution in [0.15, 0.2) is 29.2 Å². The molecule has 0 atom stereocenters. The number of thiophene rings is 1. The predicted molar refractivity (Wildman–Crippen MR) is 134 cm³/mol. The van der Waals surface area contributed by atoms with Crippen LogP contribution >= 0.6 is 11.3 Å². The summed E-state index contributed by atoms with van der Waals surface area (Å²) in [6.07, 6.45) is 2.79. The minimum absolute atomic E-state index is 0.00415. The molecule has 0 spiro atoms. The Bertz CT molecular complexity index is 1160. The van der Waals surface area contributed by atoms with Crippen molar-refractivity contribution in [1.82, 2.24) is 14.1 Å². The van der Waals surface area contributed by atoms with E-state index in [0.717, 1.165) is 55.9 Å². The fourth-order valence-corrected chi connectivity index (χ4v) is 7.36. The predicted octanol–water partition coefficient (Wildman–Crippen LogP) is 3.25. The second-order valence-electron chi connectivity index (χ2n) is 8.76. The van der Waals surface area contributed by atoms with Gasteiger partial charge < -0.3 is 15.1 Å². The molecule has 0 unspecified atom stereocenters. The second-order valence-corrected chi connectivity index (χ2v) is 11.8. The van der Waals surface area contributed by atoms with Gasteiger partial charge in [-0.1, -0.05) is 13.8 Å². The summed E-state index contributed by atoms with van der Waals surface area (Å²) >= 11 is 1.47. The van der Waals surface area contributed by atoms with Crippen molar-refractivity contribution in [3.63, 3.8) is 0 Å². The van der Waals surface area contributed by atoms with Gasteiger partial charge in [0.1, 0.15) is 5.00 Å². The number of rotatable bonds is 7. The van der Waals surface area contributed by atoms with Gasteiger partial charge in [0.05, 0.1) is 10.5 Å². The molecular formula is C24H32N4O4S2. The molecule has 8 nitrogen and oxygen atoms in total. The lowest BCUT2D eigenvalue weighted by Gasteiger charge is -2.23. The summed E-state index contributed by atoms with van der Waals surface area (Å²) in [5.74, 6) is -0.357. The van der Waals surface area contributed by atoms with Crippen LogP contribution in [0.25, 0.3) is 0 Å². The first kappa shape index (κ1) is 24.8. The number of nitrogens with zero attached hydrogens (tertiary/aromatic N) is 3. The van der Waals surface area contributed by atoms with Crippen molar-refractivity contribution < 1.29 is 18.0 Å². The molecule has 1 aromatic heterocycles. The van der Waals surface area contributed by atoms with Gasteiger partial charge >= 0.3 is 0 Å². The number of amides is 2. The highest BCUT2D eigenvalue weighted by Crippen LogP contribution is 2.38. The van der Waals surface area contributed by atoms with Crippen molar-refractivity contribution >= 4 is 38.2 Å². The lowest BCUT2D eigenvalue weighted by molar-refractivity contribution is 0.0792. The number of likely N-dealkylation sites (N-methyl/N-ethyl adjacent to an activating group) is 1. The number of anilines is 1. The molecule has 1 aromatic carbocycles. The Morgan fingerprint density at radius 1 is 1.06 bits per heavy atom. The monoisotopic (exact) mass is 504 g/mol. The molecule has 2 aliphatic rings. The third-order valence-corrected chi connectivity index (χ3v) is 9.74. The molecule has 0 radical (unpaired) electrons. The van der Waals surface area contributed by atoms with Crippen LogP contribution in [0.1, 0.15) is 57.8 Å². The first-order valence-corrected chi connectivity index (χ1v) is 14.1. The van der Waals surface area contributed by atoms with Crippen molar-refractivity contribution in [2.24, 2.45) is 0 Å². The molecule has 1 N–H and O–H groups in total. The van der Waals surface area contributed by atoms with Crippen molar-refractivity contribution in [3.8, 4) is 0 Å². The van der Waals surface area contributed by atoms with Gasteiger partial charge in [0.25, 0.3) is 11.8 Å². The van der Waals surface area contributed by atoms with E-state index >= 15 is 0 Å². The first-order chi connectivity index (χ1) is 16.3. The van der Waals surface area contributed by atoms with E-state index in [0.29, 0.717) is 29.2 Å². The van der Waals surface area contributed by atoms with E-state index in [2.05, 4.69) is 17.3 Å². The molecule has 4 rings (SSSR count). The normalized spacial score (nSPS) is 16.6. The summed E-state index contributed by atoms with van der Waals surface area (Å²) in [6.45, 7) is 7.48. The minimum Gasteiger partial charge on any atom is -0.339 e. The number of likely N-dealkylation sites (tertiary alicyclic amines) is 1. The smallest absolute Gasteiger partial charge is 0.257 e. The fraction of sp³-hybridized carbons (Fsp3) is 0.500. The van der Waals surface area contributed by atoms with Gasteiger partial charge in [0.15, 0.2) is 0 Å². The van der Waals surface area contributed by atoms with Gasteiger partial charge in [0.2, 0.25) is 10.0 Å². The highest BCUT2D eigenvalue weighted by molar-refractivity contribution is 7.89. The van der Waals surface area contributed by atoms with Crippen molar-refractivity contribution in [1.29, 1.82) is 0 Å². The molecule has 1 saturated heterocycles. The van der Waals surface area contributed by atoms with Crippen LogP contribution < -0.4 is 5.32 Å². The molecule has 3 heterocycles. The summed E-state index contributed by atoms with van der Waals surface area (Å²) in [4.78, 5) is 31.8. The minimum atomic E-state index is -3.59. The fourth-order valence-electron chi connectivity index (χ4n) is 4.59. The average molecular weight is 505 g/mol. The van der Waals surface area contributed by atoms with Gasteiger partial charge in [0, 0.05) is 49.7 Å². The topological polar surface area (TPSA) is 90.0 Å². The second kappa shape index (κ2) is 10.2. The van der Waals surface area contributed by atoms with E-state index in [1.54, 1.807) is 13.8 Å². The number of sulfonamides is 1. The number of hydrogen-bond acceptors (Lipinski definition) is 6. The summed E-state index contributed by atoms with van der Waals surface area (Å²) in [5.41, 5.74) is 2.03. The maximum absolute atomic E-state index is 13.4. The Kier molecular flexibility index (Phi) is 7.42. The highest BCUT2D eigenvalue weighted by Gasteiger charge is 2.31.